The Hall–Kier alpha value is 2.31. The van der Waals surface area contributed by atoms with Gasteiger partial charge >= 0.3 is 63.2 Å². The fourth-order valence-corrected chi connectivity index (χ4v) is 2.41. The van der Waals surface area contributed by atoms with E-state index in [9.17, 15) is 0 Å². The van der Waals surface area contributed by atoms with E-state index in [1.165, 1.54) is 0 Å². The summed E-state index contributed by atoms with van der Waals surface area (Å²) in [6.45, 7) is 7.97. The summed E-state index contributed by atoms with van der Waals surface area (Å²) in [5.41, 5.74) is 3.63. The zero-order valence-corrected chi connectivity index (χ0v) is 43.6. The van der Waals surface area contributed by atoms with Gasteiger partial charge < -0.3 is 59.7 Å². The molecule has 0 spiro atoms. The van der Waals surface area contributed by atoms with E-state index >= 15 is 0 Å². The summed E-state index contributed by atoms with van der Waals surface area (Å²) in [5, 5.41) is 15.4. The molecule has 1 aromatic heterocycles. The maximum Gasteiger partial charge on any atom is 2.00 e. The van der Waals surface area contributed by atoms with Gasteiger partial charge in [-0.2, -0.15) is 0 Å². The molecule has 0 atom stereocenters. The van der Waals surface area contributed by atoms with Gasteiger partial charge in [-0.05, 0) is 51.3 Å². The summed E-state index contributed by atoms with van der Waals surface area (Å²) in [7, 11) is 0. The van der Waals surface area contributed by atoms with Gasteiger partial charge in [-0.15, -0.1) is 10.2 Å². The number of nitrogens with two attached hydrogens (primary N) is 1. The number of hydrogen-bond acceptors (Lipinski definition) is 7. The minimum absolute atomic E-state index is 0. The quantitative estimate of drug-likeness (QED) is 0.191. The van der Waals surface area contributed by atoms with Crippen LogP contribution in [0.1, 0.15) is 44.8 Å². The number of allylic oxidation sites excluding steroid dienone is 2. The van der Waals surface area contributed by atoms with Crippen LogP contribution in [-0.4, -0.2) is 50.5 Å². The molecular weight excluding hydrogens is 1260 g/mol. The van der Waals surface area contributed by atoms with Crippen LogP contribution in [0.25, 0.3) is 6.08 Å². The number of rotatable bonds is 0. The number of amidine groups is 1. The van der Waals surface area contributed by atoms with E-state index in [0.29, 0.717) is 0 Å². The minimum atomic E-state index is -0.833. The SMILES string of the molecule is CC(=O)O.CC1=NCCC=C1.Cc1nnc2n1CCC=C2.NNC1=NCCC=C1.[CH3-].[CH3-].[CH3-].[CH3-].[CH3-].[CH3-].[W+2].[W+2].[W+2].[Y].[Y].[Y]. The van der Waals surface area contributed by atoms with Crippen LogP contribution in [0, 0.1) is 51.5 Å². The molecular formula is C26H49N7O2W3Y3. The average molecular weight is 1310 g/mol. The van der Waals surface area contributed by atoms with Gasteiger partial charge in [-0.25, -0.2) is 5.84 Å². The topological polar surface area (TPSA) is 131 Å². The van der Waals surface area contributed by atoms with E-state index in [1.54, 1.807) is 0 Å². The molecule has 4 rings (SSSR count). The summed E-state index contributed by atoms with van der Waals surface area (Å²) in [6.07, 6.45) is 15.5. The van der Waals surface area contributed by atoms with Crippen molar-refractivity contribution in [2.75, 3.05) is 13.1 Å². The van der Waals surface area contributed by atoms with E-state index in [2.05, 4.69) is 48.4 Å². The maximum atomic E-state index is 9.00. The fraction of sp³-hybridized carbons (Fsp3) is 0.346. The summed E-state index contributed by atoms with van der Waals surface area (Å²) >= 11 is 0. The first-order valence-corrected chi connectivity index (χ1v) is 9.55. The van der Waals surface area contributed by atoms with Crippen LogP contribution in [0.2, 0.25) is 0 Å². The third kappa shape index (κ3) is 42.3. The normalized spacial score (nSPS) is 11.1. The molecule has 3 radical (unpaired) electrons. The summed E-state index contributed by atoms with van der Waals surface area (Å²) in [6, 6.07) is 0. The molecule has 0 fully saturated rings. The third-order valence-electron chi connectivity index (χ3n) is 3.77. The summed E-state index contributed by atoms with van der Waals surface area (Å²) in [5.74, 6) is 7.02. The average Bonchev–Trinajstić information content (AvgIpc) is 3.11. The van der Waals surface area contributed by atoms with Crippen LogP contribution in [0.3, 0.4) is 0 Å². The van der Waals surface area contributed by atoms with Gasteiger partial charge in [0.05, 0.1) is 0 Å². The molecule has 0 amide bonds. The first-order valence-electron chi connectivity index (χ1n) is 9.55. The number of carboxylic acid groups (broad SMARTS) is 1. The first-order chi connectivity index (χ1) is 13.9. The van der Waals surface area contributed by atoms with Gasteiger partial charge in [0.25, 0.3) is 5.97 Å². The van der Waals surface area contributed by atoms with Crippen LogP contribution in [0.15, 0.2) is 40.4 Å². The number of nitrogens with one attached hydrogen (secondary N) is 1. The number of aliphatic carboxylic acids is 1. The second-order valence-electron chi connectivity index (χ2n) is 6.28. The van der Waals surface area contributed by atoms with Crippen molar-refractivity contribution >= 4 is 23.6 Å². The Balaban J connectivity index is -0.0000000256. The molecule has 4 heterocycles. The molecule has 0 bridgehead atoms. The van der Waals surface area contributed by atoms with Gasteiger partial charge in [0.1, 0.15) is 11.7 Å². The van der Waals surface area contributed by atoms with Crippen molar-refractivity contribution in [2.45, 2.75) is 46.6 Å². The Morgan fingerprint density at radius 3 is 1.54 bits per heavy atom. The molecule has 3 aliphatic heterocycles. The number of aromatic nitrogens is 3. The van der Waals surface area contributed by atoms with E-state index < -0.39 is 5.97 Å². The number of aryl methyl sites for hydroxylation is 1. The van der Waals surface area contributed by atoms with Crippen LogP contribution < -0.4 is 11.3 Å². The van der Waals surface area contributed by atoms with Crippen molar-refractivity contribution < 1.29 is 171 Å². The Morgan fingerprint density at radius 2 is 1.24 bits per heavy atom. The van der Waals surface area contributed by atoms with Crippen LogP contribution in [-0.2, 0) is 173 Å². The Kier molecular flexibility index (Phi) is 100. The van der Waals surface area contributed by atoms with Crippen molar-refractivity contribution in [2.24, 2.45) is 15.8 Å². The summed E-state index contributed by atoms with van der Waals surface area (Å²) in [4.78, 5) is 17.2. The van der Waals surface area contributed by atoms with Crippen LogP contribution in [0.5, 0.6) is 0 Å². The first kappa shape index (κ1) is 79.1. The Bertz CT molecular complexity index is 818. The van der Waals surface area contributed by atoms with Crippen molar-refractivity contribution in [3.05, 3.63) is 86.6 Å². The van der Waals surface area contributed by atoms with Gasteiger partial charge in [-0.3, -0.25) is 14.8 Å². The van der Waals surface area contributed by atoms with E-state index in [4.69, 9.17) is 15.7 Å². The van der Waals surface area contributed by atoms with Crippen LogP contribution >= 0.6 is 0 Å². The van der Waals surface area contributed by atoms with Crippen molar-refractivity contribution in [3.63, 3.8) is 0 Å². The second-order valence-corrected chi connectivity index (χ2v) is 6.28. The van der Waals surface area contributed by atoms with Gasteiger partial charge in [0.15, 0.2) is 5.82 Å². The molecule has 41 heavy (non-hydrogen) atoms. The fourth-order valence-electron chi connectivity index (χ4n) is 2.41. The maximum absolute atomic E-state index is 9.00. The predicted molar refractivity (Wildman–Crippen MR) is 155 cm³/mol. The molecule has 0 unspecified atom stereocenters. The Labute approximate surface area is 371 Å². The number of aliphatic imine (C=N–C) groups is 2. The van der Waals surface area contributed by atoms with Crippen molar-refractivity contribution in [3.8, 4) is 0 Å². The zero-order valence-electron chi connectivity index (χ0n) is 26.3. The standard InChI is InChI=1S/C7H9N3.C6H9N.C5H9N3.C2H4O2.6CH3.3W.3Y/c1-6-8-9-7-4-2-3-5-10(6)7;1-6-4-2-3-5-7-6;6-8-5-3-1-2-4-7-5;1-2(3)4;;;;;;;;;;;;/h2,4H,3,5H2,1H3;2,4H,3,5H2,1H3;1,3H,2,4,6H2,(H,7,8);1H3,(H,3,4);6*1H3;;;;;;/q;;;;6*-1;3*+2;;;. The number of carboxylic acids is 1. The molecule has 1 aromatic rings. The zero-order chi connectivity index (χ0) is 21.5. The molecule has 227 valence electrons. The molecule has 3 aliphatic rings. The number of dihydropyridines is 2. The predicted octanol–water partition coefficient (Wildman–Crippen LogP) is 5.00. The smallest absolute Gasteiger partial charge is 0.481 e. The molecule has 9 nitrogen and oxygen atoms in total. The number of hydrazine groups is 1. The van der Waals surface area contributed by atoms with Crippen molar-refractivity contribution in [1.82, 2.24) is 20.2 Å². The van der Waals surface area contributed by atoms with E-state index in [0.717, 1.165) is 69.0 Å². The molecule has 0 saturated heterocycles. The molecule has 0 saturated carbocycles. The van der Waals surface area contributed by atoms with Gasteiger partial charge in [-0.1, -0.05) is 18.2 Å². The van der Waals surface area contributed by atoms with E-state index in [-0.39, 0.29) is 206 Å². The summed E-state index contributed by atoms with van der Waals surface area (Å²) < 4.78 is 2.12. The second kappa shape index (κ2) is 51.9. The van der Waals surface area contributed by atoms with E-state index in [1.807, 2.05) is 32.1 Å². The monoisotopic (exact) mass is 1310 g/mol. The molecule has 15 heteroatoms. The number of nitrogens with zero attached hydrogens (tertiary/aromatic N) is 5. The van der Waals surface area contributed by atoms with Gasteiger partial charge in [0, 0.05) is 130 Å². The molecule has 0 aliphatic carbocycles. The molecule has 0 aromatic carbocycles. The molecule has 4 N–H and O–H groups in total. The Morgan fingerprint density at radius 1 is 0.805 bits per heavy atom. The largest absolute Gasteiger partial charge is 2.00 e. The van der Waals surface area contributed by atoms with Crippen LogP contribution in [0.4, 0.5) is 0 Å². The van der Waals surface area contributed by atoms with Crippen molar-refractivity contribution in [1.29, 1.82) is 0 Å². The third-order valence-corrected chi connectivity index (χ3v) is 3.77. The number of hydrogen-bond donors (Lipinski definition) is 3. The van der Waals surface area contributed by atoms with Gasteiger partial charge in [0.2, 0.25) is 0 Å². The number of carbonyl (C=O) groups is 1. The minimum Gasteiger partial charge on any atom is -0.481 e. The number of fused-ring (bicyclic) bond motifs is 1.